The van der Waals surface area contributed by atoms with E-state index in [4.69, 9.17) is 4.74 Å². The van der Waals surface area contributed by atoms with Gasteiger partial charge >= 0.3 is 0 Å². The molecule has 1 N–H and O–H groups in total. The minimum atomic E-state index is 0.315. The smallest absolute Gasteiger partial charge is 0.225 e. The predicted molar refractivity (Wildman–Crippen MR) is 85.6 cm³/mol. The Hall–Kier alpha value is -1.20. The third-order valence-electron chi connectivity index (χ3n) is 3.83. The Kier molecular flexibility index (Phi) is 5.94. The molecule has 2 rings (SSSR count). The molecular formula is C16H28N4O. The van der Waals surface area contributed by atoms with Gasteiger partial charge in [-0.2, -0.15) is 0 Å². The van der Waals surface area contributed by atoms with E-state index in [9.17, 15) is 0 Å². The standard InChI is InChI=1S/C16H28N4O/c1-5-21-15-7-6-8-20(11-15)16-18-10-14(13(4)19-16)9-17-12(2)3/h10,12,15,17H,5-9,11H2,1-4H3. The topological polar surface area (TPSA) is 50.3 Å². The van der Waals surface area contributed by atoms with Crippen LogP contribution < -0.4 is 10.2 Å². The summed E-state index contributed by atoms with van der Waals surface area (Å²) in [6.07, 6.45) is 4.55. The van der Waals surface area contributed by atoms with Crippen molar-refractivity contribution < 1.29 is 4.74 Å². The summed E-state index contributed by atoms with van der Waals surface area (Å²) in [7, 11) is 0. The summed E-state index contributed by atoms with van der Waals surface area (Å²) in [5, 5.41) is 3.41. The summed E-state index contributed by atoms with van der Waals surface area (Å²) in [5.41, 5.74) is 2.23. The van der Waals surface area contributed by atoms with Crippen LogP contribution in [0.4, 0.5) is 5.95 Å². The zero-order valence-corrected chi connectivity index (χ0v) is 13.7. The highest BCUT2D eigenvalue weighted by Gasteiger charge is 2.22. The molecule has 1 fully saturated rings. The molecule has 1 unspecified atom stereocenters. The zero-order chi connectivity index (χ0) is 15.2. The molecule has 0 aliphatic carbocycles. The summed E-state index contributed by atoms with van der Waals surface area (Å²) in [4.78, 5) is 11.5. The summed E-state index contributed by atoms with van der Waals surface area (Å²) in [6, 6.07) is 0.470. The first-order valence-electron chi connectivity index (χ1n) is 8.02. The minimum absolute atomic E-state index is 0.315. The molecule has 1 aromatic rings. The van der Waals surface area contributed by atoms with E-state index in [1.54, 1.807) is 0 Å². The Morgan fingerprint density at radius 1 is 1.48 bits per heavy atom. The molecule has 5 nitrogen and oxygen atoms in total. The van der Waals surface area contributed by atoms with Crippen molar-refractivity contribution in [2.24, 2.45) is 0 Å². The van der Waals surface area contributed by atoms with Gasteiger partial charge in [-0.15, -0.1) is 0 Å². The third-order valence-corrected chi connectivity index (χ3v) is 3.83. The first kappa shape index (κ1) is 16.2. The number of anilines is 1. The van der Waals surface area contributed by atoms with Crippen LogP contribution in [-0.4, -0.2) is 41.8 Å². The van der Waals surface area contributed by atoms with Crippen LogP contribution in [0.15, 0.2) is 6.20 Å². The molecular weight excluding hydrogens is 264 g/mol. The van der Waals surface area contributed by atoms with Gasteiger partial charge in [0.25, 0.3) is 0 Å². The molecule has 0 radical (unpaired) electrons. The van der Waals surface area contributed by atoms with Gasteiger partial charge < -0.3 is 15.0 Å². The van der Waals surface area contributed by atoms with E-state index in [1.165, 1.54) is 5.56 Å². The second-order valence-corrected chi connectivity index (χ2v) is 5.98. The fourth-order valence-corrected chi connectivity index (χ4v) is 2.61. The van der Waals surface area contributed by atoms with E-state index >= 15 is 0 Å². The van der Waals surface area contributed by atoms with Crippen molar-refractivity contribution in [2.75, 3.05) is 24.6 Å². The van der Waals surface area contributed by atoms with Gasteiger partial charge in [-0.25, -0.2) is 9.97 Å². The third kappa shape index (κ3) is 4.64. The normalized spacial score (nSPS) is 19.3. The Bertz CT molecular complexity index is 448. The van der Waals surface area contributed by atoms with Crippen molar-refractivity contribution in [1.82, 2.24) is 15.3 Å². The molecule has 0 amide bonds. The first-order chi connectivity index (χ1) is 10.1. The lowest BCUT2D eigenvalue weighted by Gasteiger charge is -2.32. The lowest BCUT2D eigenvalue weighted by atomic mass is 10.1. The summed E-state index contributed by atoms with van der Waals surface area (Å²) < 4.78 is 5.75. The maximum absolute atomic E-state index is 5.75. The van der Waals surface area contributed by atoms with Crippen molar-refractivity contribution in [3.8, 4) is 0 Å². The molecule has 0 spiro atoms. The summed E-state index contributed by atoms with van der Waals surface area (Å²) in [5.74, 6) is 0.838. The largest absolute Gasteiger partial charge is 0.377 e. The van der Waals surface area contributed by atoms with Gasteiger partial charge in [-0.1, -0.05) is 13.8 Å². The maximum atomic E-state index is 5.75. The molecule has 0 bridgehead atoms. The van der Waals surface area contributed by atoms with Crippen molar-refractivity contribution >= 4 is 5.95 Å². The van der Waals surface area contributed by atoms with Crippen LogP contribution in [0.5, 0.6) is 0 Å². The van der Waals surface area contributed by atoms with E-state index in [2.05, 4.69) is 47.9 Å². The fraction of sp³-hybridized carbons (Fsp3) is 0.750. The van der Waals surface area contributed by atoms with Gasteiger partial charge in [0.2, 0.25) is 5.95 Å². The lowest BCUT2D eigenvalue weighted by molar-refractivity contribution is 0.0523. The number of hydrogen-bond donors (Lipinski definition) is 1. The molecule has 1 aliphatic rings. The average molecular weight is 292 g/mol. The second-order valence-electron chi connectivity index (χ2n) is 5.98. The quantitative estimate of drug-likeness (QED) is 0.872. The Balaban J connectivity index is 2.01. The maximum Gasteiger partial charge on any atom is 0.225 e. The van der Waals surface area contributed by atoms with E-state index in [1.807, 2.05) is 6.20 Å². The Morgan fingerprint density at radius 3 is 2.95 bits per heavy atom. The van der Waals surface area contributed by atoms with E-state index in [0.29, 0.717) is 12.1 Å². The summed E-state index contributed by atoms with van der Waals surface area (Å²) in [6.45, 7) is 11.9. The minimum Gasteiger partial charge on any atom is -0.377 e. The zero-order valence-electron chi connectivity index (χ0n) is 13.7. The predicted octanol–water partition coefficient (Wildman–Crippen LogP) is 2.29. The Morgan fingerprint density at radius 2 is 2.29 bits per heavy atom. The SMILES string of the molecule is CCOC1CCCN(c2ncc(CNC(C)C)c(C)n2)C1. The molecule has 21 heavy (non-hydrogen) atoms. The van der Waals surface area contributed by atoms with Gasteiger partial charge in [0.05, 0.1) is 6.10 Å². The van der Waals surface area contributed by atoms with Crippen LogP contribution >= 0.6 is 0 Å². The number of nitrogens with one attached hydrogen (secondary N) is 1. The molecule has 5 heteroatoms. The molecule has 0 saturated carbocycles. The first-order valence-corrected chi connectivity index (χ1v) is 8.02. The van der Waals surface area contributed by atoms with Crippen LogP contribution in [0.1, 0.15) is 44.9 Å². The fourth-order valence-electron chi connectivity index (χ4n) is 2.61. The van der Waals surface area contributed by atoms with Gasteiger partial charge in [-0.3, -0.25) is 0 Å². The van der Waals surface area contributed by atoms with Gasteiger partial charge in [0.15, 0.2) is 0 Å². The average Bonchev–Trinajstić information content (AvgIpc) is 2.46. The highest BCUT2D eigenvalue weighted by atomic mass is 16.5. The summed E-state index contributed by atoms with van der Waals surface area (Å²) >= 11 is 0. The van der Waals surface area contributed by atoms with Crippen molar-refractivity contribution in [3.05, 3.63) is 17.5 Å². The van der Waals surface area contributed by atoms with Crippen LogP contribution in [-0.2, 0) is 11.3 Å². The Labute approximate surface area is 128 Å². The van der Waals surface area contributed by atoms with Gasteiger partial charge in [-0.05, 0) is 26.7 Å². The number of piperidine rings is 1. The highest BCUT2D eigenvalue weighted by Crippen LogP contribution is 2.19. The van der Waals surface area contributed by atoms with Crippen molar-refractivity contribution in [1.29, 1.82) is 0 Å². The van der Waals surface area contributed by atoms with E-state index < -0.39 is 0 Å². The molecule has 1 atom stereocenters. The van der Waals surface area contributed by atoms with Crippen molar-refractivity contribution in [2.45, 2.75) is 59.2 Å². The van der Waals surface area contributed by atoms with Crippen LogP contribution in [0.3, 0.4) is 0 Å². The number of rotatable bonds is 6. The second kappa shape index (κ2) is 7.71. The van der Waals surface area contributed by atoms with Crippen molar-refractivity contribution in [3.63, 3.8) is 0 Å². The molecule has 1 saturated heterocycles. The van der Waals surface area contributed by atoms with Crippen LogP contribution in [0, 0.1) is 6.92 Å². The number of nitrogens with zero attached hydrogens (tertiary/aromatic N) is 3. The number of hydrogen-bond acceptors (Lipinski definition) is 5. The number of ether oxygens (including phenoxy) is 1. The number of aryl methyl sites for hydroxylation is 1. The van der Waals surface area contributed by atoms with E-state index in [0.717, 1.165) is 50.7 Å². The molecule has 1 aliphatic heterocycles. The molecule has 2 heterocycles. The van der Waals surface area contributed by atoms with Gasteiger partial charge in [0.1, 0.15) is 0 Å². The number of aromatic nitrogens is 2. The highest BCUT2D eigenvalue weighted by molar-refractivity contribution is 5.33. The van der Waals surface area contributed by atoms with Gasteiger partial charge in [0, 0.05) is 49.7 Å². The molecule has 118 valence electrons. The van der Waals surface area contributed by atoms with Crippen LogP contribution in [0.2, 0.25) is 0 Å². The monoisotopic (exact) mass is 292 g/mol. The lowest BCUT2D eigenvalue weighted by Crippen LogP contribution is -2.40. The van der Waals surface area contributed by atoms with E-state index in [-0.39, 0.29) is 0 Å². The van der Waals surface area contributed by atoms with Crippen LogP contribution in [0.25, 0.3) is 0 Å². The molecule has 0 aromatic carbocycles. The molecule has 1 aromatic heterocycles.